The maximum absolute atomic E-state index is 4.50. The van der Waals surface area contributed by atoms with E-state index in [0.717, 1.165) is 18.9 Å². The Morgan fingerprint density at radius 3 is 2.75 bits per heavy atom. The SMILES string of the molecule is CCCNC(C)c1cnc(CCC(C)C)s1. The van der Waals surface area contributed by atoms with E-state index in [2.05, 4.69) is 38.0 Å². The molecule has 16 heavy (non-hydrogen) atoms. The Hall–Kier alpha value is -0.410. The van der Waals surface area contributed by atoms with E-state index in [1.54, 1.807) is 0 Å². The summed E-state index contributed by atoms with van der Waals surface area (Å²) in [6, 6.07) is 0.449. The molecule has 2 nitrogen and oxygen atoms in total. The van der Waals surface area contributed by atoms with Crippen molar-refractivity contribution in [1.82, 2.24) is 10.3 Å². The number of hydrogen-bond acceptors (Lipinski definition) is 3. The van der Waals surface area contributed by atoms with Crippen molar-refractivity contribution in [3.63, 3.8) is 0 Å². The van der Waals surface area contributed by atoms with E-state index in [1.807, 2.05) is 17.5 Å². The average Bonchev–Trinajstić information content (AvgIpc) is 2.71. The molecule has 1 unspecified atom stereocenters. The van der Waals surface area contributed by atoms with Crippen LogP contribution in [0.15, 0.2) is 6.20 Å². The Bertz CT molecular complexity index is 294. The van der Waals surface area contributed by atoms with Gasteiger partial charge in [-0.2, -0.15) is 0 Å². The second-order valence-corrected chi connectivity index (χ2v) is 5.91. The van der Waals surface area contributed by atoms with E-state index in [4.69, 9.17) is 0 Å². The zero-order valence-electron chi connectivity index (χ0n) is 10.9. The van der Waals surface area contributed by atoms with Gasteiger partial charge in [-0.1, -0.05) is 20.8 Å². The lowest BCUT2D eigenvalue weighted by Gasteiger charge is -2.09. The van der Waals surface area contributed by atoms with Crippen LogP contribution in [0.25, 0.3) is 0 Å². The summed E-state index contributed by atoms with van der Waals surface area (Å²) in [5.74, 6) is 0.767. The van der Waals surface area contributed by atoms with Gasteiger partial charge in [-0.3, -0.25) is 0 Å². The van der Waals surface area contributed by atoms with Crippen molar-refractivity contribution in [2.45, 2.75) is 53.0 Å². The lowest BCUT2D eigenvalue weighted by Crippen LogP contribution is -2.18. The smallest absolute Gasteiger partial charge is 0.0928 e. The van der Waals surface area contributed by atoms with Crippen LogP contribution in [0.5, 0.6) is 0 Å². The number of thiazole rings is 1. The first-order valence-corrected chi connectivity index (χ1v) is 7.13. The Kier molecular flexibility index (Phi) is 5.99. The standard InChI is InChI=1S/C13H24N2S/c1-5-8-14-11(4)12-9-15-13(16-12)7-6-10(2)3/h9-11,14H,5-8H2,1-4H3. The molecule has 0 bridgehead atoms. The molecule has 0 aliphatic heterocycles. The summed E-state index contributed by atoms with van der Waals surface area (Å²) < 4.78 is 0. The molecule has 0 saturated heterocycles. The van der Waals surface area contributed by atoms with Gasteiger partial charge in [0.2, 0.25) is 0 Å². The van der Waals surface area contributed by atoms with E-state index in [1.165, 1.54) is 22.7 Å². The summed E-state index contributed by atoms with van der Waals surface area (Å²) in [5, 5.41) is 4.78. The normalized spacial score (nSPS) is 13.3. The first-order valence-electron chi connectivity index (χ1n) is 6.31. The molecule has 0 radical (unpaired) electrons. The van der Waals surface area contributed by atoms with Gasteiger partial charge in [0.15, 0.2) is 0 Å². The van der Waals surface area contributed by atoms with Crippen LogP contribution in [0.4, 0.5) is 0 Å². The van der Waals surface area contributed by atoms with Gasteiger partial charge in [-0.05, 0) is 38.6 Å². The van der Waals surface area contributed by atoms with Crippen molar-refractivity contribution in [1.29, 1.82) is 0 Å². The molecule has 0 aliphatic rings. The fourth-order valence-corrected chi connectivity index (χ4v) is 2.48. The summed E-state index contributed by atoms with van der Waals surface area (Å²) in [6.45, 7) is 10.0. The third-order valence-corrected chi connectivity index (χ3v) is 3.87. The Morgan fingerprint density at radius 2 is 2.12 bits per heavy atom. The topological polar surface area (TPSA) is 24.9 Å². The highest BCUT2D eigenvalue weighted by molar-refractivity contribution is 7.11. The van der Waals surface area contributed by atoms with Crippen LogP contribution in [0.1, 0.15) is 56.5 Å². The molecule has 92 valence electrons. The van der Waals surface area contributed by atoms with Crippen molar-refractivity contribution in [2.75, 3.05) is 6.54 Å². The number of nitrogens with one attached hydrogen (secondary N) is 1. The summed E-state index contributed by atoms with van der Waals surface area (Å²) in [5.41, 5.74) is 0. The molecular weight excluding hydrogens is 216 g/mol. The van der Waals surface area contributed by atoms with Gasteiger partial charge in [0.25, 0.3) is 0 Å². The fraction of sp³-hybridized carbons (Fsp3) is 0.769. The number of aryl methyl sites for hydroxylation is 1. The van der Waals surface area contributed by atoms with Crippen molar-refractivity contribution < 1.29 is 0 Å². The average molecular weight is 240 g/mol. The third kappa shape index (κ3) is 4.62. The number of nitrogens with zero attached hydrogens (tertiary/aromatic N) is 1. The minimum absolute atomic E-state index is 0.449. The highest BCUT2D eigenvalue weighted by Gasteiger charge is 2.09. The maximum Gasteiger partial charge on any atom is 0.0928 e. The zero-order valence-corrected chi connectivity index (χ0v) is 11.7. The summed E-state index contributed by atoms with van der Waals surface area (Å²) >= 11 is 1.86. The second kappa shape index (κ2) is 7.02. The van der Waals surface area contributed by atoms with Crippen LogP contribution >= 0.6 is 11.3 Å². The van der Waals surface area contributed by atoms with Gasteiger partial charge < -0.3 is 5.32 Å². The van der Waals surface area contributed by atoms with Crippen LogP contribution < -0.4 is 5.32 Å². The van der Waals surface area contributed by atoms with E-state index in [9.17, 15) is 0 Å². The molecule has 1 atom stereocenters. The van der Waals surface area contributed by atoms with Crippen molar-refractivity contribution >= 4 is 11.3 Å². The summed E-state index contributed by atoms with van der Waals surface area (Å²) in [4.78, 5) is 5.86. The van der Waals surface area contributed by atoms with Crippen molar-refractivity contribution in [3.05, 3.63) is 16.1 Å². The van der Waals surface area contributed by atoms with E-state index in [0.29, 0.717) is 6.04 Å². The lowest BCUT2D eigenvalue weighted by molar-refractivity contribution is 0.577. The first kappa shape index (κ1) is 13.7. The fourth-order valence-electron chi connectivity index (χ4n) is 1.51. The van der Waals surface area contributed by atoms with Gasteiger partial charge in [0.1, 0.15) is 0 Å². The van der Waals surface area contributed by atoms with Crippen LogP contribution in [-0.4, -0.2) is 11.5 Å². The van der Waals surface area contributed by atoms with Gasteiger partial charge in [-0.15, -0.1) is 11.3 Å². The van der Waals surface area contributed by atoms with Crippen LogP contribution in [-0.2, 0) is 6.42 Å². The van der Waals surface area contributed by atoms with Gasteiger partial charge in [0.05, 0.1) is 5.01 Å². The first-order chi connectivity index (χ1) is 7.63. The largest absolute Gasteiger partial charge is 0.309 e. The lowest BCUT2D eigenvalue weighted by atomic mass is 10.1. The summed E-state index contributed by atoms with van der Waals surface area (Å²) in [7, 11) is 0. The maximum atomic E-state index is 4.50. The number of rotatable bonds is 7. The number of hydrogen-bond donors (Lipinski definition) is 1. The molecule has 1 aromatic rings. The minimum Gasteiger partial charge on any atom is -0.309 e. The molecule has 0 spiro atoms. The summed E-state index contributed by atoms with van der Waals surface area (Å²) in [6.07, 6.45) is 5.59. The van der Waals surface area contributed by atoms with Crippen molar-refractivity contribution in [2.24, 2.45) is 5.92 Å². The molecule has 3 heteroatoms. The molecule has 0 aliphatic carbocycles. The predicted octanol–water partition coefficient (Wildman–Crippen LogP) is 3.79. The Labute approximate surface area is 103 Å². The van der Waals surface area contributed by atoms with E-state index >= 15 is 0 Å². The van der Waals surface area contributed by atoms with Crippen LogP contribution in [0.3, 0.4) is 0 Å². The third-order valence-electron chi connectivity index (χ3n) is 2.63. The molecule has 1 rings (SSSR count). The monoisotopic (exact) mass is 240 g/mol. The number of aromatic nitrogens is 1. The molecule has 0 aromatic carbocycles. The van der Waals surface area contributed by atoms with Gasteiger partial charge >= 0.3 is 0 Å². The zero-order chi connectivity index (χ0) is 12.0. The minimum atomic E-state index is 0.449. The molecular formula is C13H24N2S. The van der Waals surface area contributed by atoms with E-state index < -0.39 is 0 Å². The quantitative estimate of drug-likeness (QED) is 0.784. The molecule has 1 heterocycles. The predicted molar refractivity (Wildman–Crippen MR) is 72.0 cm³/mol. The van der Waals surface area contributed by atoms with Gasteiger partial charge in [0, 0.05) is 17.1 Å². The highest BCUT2D eigenvalue weighted by Crippen LogP contribution is 2.22. The molecule has 0 amide bonds. The highest BCUT2D eigenvalue weighted by atomic mass is 32.1. The molecule has 1 aromatic heterocycles. The van der Waals surface area contributed by atoms with Crippen LogP contribution in [0.2, 0.25) is 0 Å². The molecule has 0 fully saturated rings. The molecule has 0 saturated carbocycles. The van der Waals surface area contributed by atoms with Gasteiger partial charge in [-0.25, -0.2) is 4.98 Å². The van der Waals surface area contributed by atoms with E-state index in [-0.39, 0.29) is 0 Å². The van der Waals surface area contributed by atoms with Crippen molar-refractivity contribution in [3.8, 4) is 0 Å². The second-order valence-electron chi connectivity index (χ2n) is 4.76. The molecule has 1 N–H and O–H groups in total. The van der Waals surface area contributed by atoms with Crippen LogP contribution in [0, 0.1) is 5.92 Å². The Balaban J connectivity index is 2.43. The Morgan fingerprint density at radius 1 is 1.38 bits per heavy atom.